The van der Waals surface area contributed by atoms with Gasteiger partial charge >= 0.3 is 0 Å². The van der Waals surface area contributed by atoms with Crippen molar-refractivity contribution in [3.05, 3.63) is 54.4 Å². The van der Waals surface area contributed by atoms with E-state index < -0.39 is 0 Å². The summed E-state index contributed by atoms with van der Waals surface area (Å²) in [5, 5.41) is 0. The zero-order valence-corrected chi connectivity index (χ0v) is 13.2. The third-order valence-electron chi connectivity index (χ3n) is 4.06. The van der Waals surface area contributed by atoms with E-state index in [0.29, 0.717) is 0 Å². The van der Waals surface area contributed by atoms with Crippen LogP contribution in [0.25, 0.3) is 16.9 Å². The maximum absolute atomic E-state index is 5.97. The van der Waals surface area contributed by atoms with Crippen LogP contribution in [0.2, 0.25) is 0 Å². The summed E-state index contributed by atoms with van der Waals surface area (Å²) in [6, 6.07) is 14.2. The zero-order valence-electron chi connectivity index (χ0n) is 13.2. The standard InChI is InChI=1S/C18H22N4/c1-3-21(4-2)13-16-18(14-8-6-5-7-9-14)20-17-11-10-15(19)12-22(16)17/h5-12H,3-4,13,19H2,1-2H3. The molecule has 3 rings (SSSR count). The summed E-state index contributed by atoms with van der Waals surface area (Å²) in [7, 11) is 0. The van der Waals surface area contributed by atoms with Crippen molar-refractivity contribution in [3.8, 4) is 11.3 Å². The van der Waals surface area contributed by atoms with Crippen LogP contribution in [-0.4, -0.2) is 27.4 Å². The van der Waals surface area contributed by atoms with Crippen LogP contribution in [0.3, 0.4) is 0 Å². The average Bonchev–Trinajstić information content (AvgIpc) is 2.91. The van der Waals surface area contributed by atoms with Gasteiger partial charge in [0.2, 0.25) is 0 Å². The number of benzene rings is 1. The molecule has 114 valence electrons. The highest BCUT2D eigenvalue weighted by atomic mass is 15.1. The van der Waals surface area contributed by atoms with Crippen LogP contribution in [0.15, 0.2) is 48.7 Å². The number of hydrogen-bond acceptors (Lipinski definition) is 3. The molecule has 0 aliphatic rings. The number of hydrogen-bond donors (Lipinski definition) is 1. The Morgan fingerprint density at radius 3 is 2.45 bits per heavy atom. The van der Waals surface area contributed by atoms with Crippen molar-refractivity contribution in [1.82, 2.24) is 14.3 Å². The molecule has 0 bridgehead atoms. The Kier molecular flexibility index (Phi) is 4.11. The van der Waals surface area contributed by atoms with E-state index in [0.717, 1.165) is 42.2 Å². The lowest BCUT2D eigenvalue weighted by molar-refractivity contribution is 0.292. The van der Waals surface area contributed by atoms with Crippen LogP contribution in [-0.2, 0) is 6.54 Å². The number of nitrogens with two attached hydrogens (primary N) is 1. The fraction of sp³-hybridized carbons (Fsp3) is 0.278. The summed E-state index contributed by atoms with van der Waals surface area (Å²) in [6.07, 6.45) is 1.97. The van der Waals surface area contributed by atoms with Gasteiger partial charge in [-0.25, -0.2) is 4.98 Å². The number of fused-ring (bicyclic) bond motifs is 1. The van der Waals surface area contributed by atoms with E-state index in [2.05, 4.69) is 47.4 Å². The molecule has 2 aromatic heterocycles. The minimum absolute atomic E-state index is 0.755. The Hall–Kier alpha value is -2.33. The van der Waals surface area contributed by atoms with E-state index in [-0.39, 0.29) is 0 Å². The number of imidazole rings is 1. The SMILES string of the molecule is CCN(CC)Cc1c(-c2ccccc2)nc2ccc(N)cn12. The summed E-state index contributed by atoms with van der Waals surface area (Å²) in [5.41, 5.74) is 11.0. The molecule has 0 aliphatic carbocycles. The molecule has 2 heterocycles. The number of anilines is 1. The molecular weight excluding hydrogens is 272 g/mol. The average molecular weight is 294 g/mol. The molecule has 0 unspecified atom stereocenters. The molecule has 4 nitrogen and oxygen atoms in total. The first-order valence-corrected chi connectivity index (χ1v) is 7.77. The van der Waals surface area contributed by atoms with Gasteiger partial charge in [0.25, 0.3) is 0 Å². The van der Waals surface area contributed by atoms with Gasteiger partial charge in [-0.15, -0.1) is 0 Å². The first-order chi connectivity index (χ1) is 10.7. The van der Waals surface area contributed by atoms with Crippen molar-refractivity contribution in [2.45, 2.75) is 20.4 Å². The molecule has 0 amide bonds. The minimum atomic E-state index is 0.755. The highest BCUT2D eigenvalue weighted by Gasteiger charge is 2.16. The van der Waals surface area contributed by atoms with E-state index in [4.69, 9.17) is 10.7 Å². The predicted octanol–water partition coefficient (Wildman–Crippen LogP) is 3.43. The van der Waals surface area contributed by atoms with Gasteiger partial charge in [0.1, 0.15) is 5.65 Å². The van der Waals surface area contributed by atoms with Gasteiger partial charge < -0.3 is 10.1 Å². The number of nitrogens with zero attached hydrogens (tertiary/aromatic N) is 3. The molecule has 0 saturated carbocycles. The Morgan fingerprint density at radius 1 is 1.05 bits per heavy atom. The lowest BCUT2D eigenvalue weighted by atomic mass is 10.1. The second kappa shape index (κ2) is 6.20. The van der Waals surface area contributed by atoms with E-state index in [9.17, 15) is 0 Å². The fourth-order valence-corrected chi connectivity index (χ4v) is 2.75. The zero-order chi connectivity index (χ0) is 15.5. The normalized spacial score (nSPS) is 11.4. The van der Waals surface area contributed by atoms with Gasteiger partial charge in [-0.05, 0) is 25.2 Å². The summed E-state index contributed by atoms with van der Waals surface area (Å²) >= 11 is 0. The van der Waals surface area contributed by atoms with Crippen molar-refractivity contribution in [2.24, 2.45) is 0 Å². The van der Waals surface area contributed by atoms with Crippen LogP contribution >= 0.6 is 0 Å². The topological polar surface area (TPSA) is 46.6 Å². The molecule has 1 aromatic carbocycles. The Balaban J connectivity index is 2.18. The van der Waals surface area contributed by atoms with Crippen LogP contribution < -0.4 is 5.73 Å². The molecule has 3 aromatic rings. The van der Waals surface area contributed by atoms with Crippen LogP contribution in [0.1, 0.15) is 19.5 Å². The van der Waals surface area contributed by atoms with E-state index in [1.54, 1.807) is 0 Å². The van der Waals surface area contributed by atoms with Crippen molar-refractivity contribution in [2.75, 3.05) is 18.8 Å². The van der Waals surface area contributed by atoms with Crippen molar-refractivity contribution >= 4 is 11.3 Å². The van der Waals surface area contributed by atoms with Crippen LogP contribution in [0.5, 0.6) is 0 Å². The second-order valence-electron chi connectivity index (χ2n) is 5.43. The maximum Gasteiger partial charge on any atom is 0.137 e. The monoisotopic (exact) mass is 294 g/mol. The Labute approximate surface area is 131 Å². The van der Waals surface area contributed by atoms with Gasteiger partial charge in [-0.3, -0.25) is 4.90 Å². The predicted molar refractivity (Wildman–Crippen MR) is 91.7 cm³/mol. The number of nitrogen functional groups attached to an aromatic ring is 1. The van der Waals surface area contributed by atoms with Crippen molar-refractivity contribution in [3.63, 3.8) is 0 Å². The van der Waals surface area contributed by atoms with E-state index in [1.807, 2.05) is 24.4 Å². The van der Waals surface area contributed by atoms with Gasteiger partial charge in [-0.2, -0.15) is 0 Å². The molecular formula is C18H22N4. The Morgan fingerprint density at radius 2 is 1.77 bits per heavy atom. The third-order valence-corrected chi connectivity index (χ3v) is 4.06. The molecule has 22 heavy (non-hydrogen) atoms. The van der Waals surface area contributed by atoms with Crippen molar-refractivity contribution < 1.29 is 0 Å². The molecule has 4 heteroatoms. The number of aromatic nitrogens is 2. The van der Waals surface area contributed by atoms with E-state index in [1.165, 1.54) is 5.69 Å². The summed E-state index contributed by atoms with van der Waals surface area (Å²) < 4.78 is 2.12. The fourth-order valence-electron chi connectivity index (χ4n) is 2.75. The highest BCUT2D eigenvalue weighted by molar-refractivity contribution is 5.67. The molecule has 0 aliphatic heterocycles. The number of pyridine rings is 1. The van der Waals surface area contributed by atoms with Gasteiger partial charge in [0.15, 0.2) is 0 Å². The minimum Gasteiger partial charge on any atom is -0.398 e. The summed E-state index contributed by atoms with van der Waals surface area (Å²) in [4.78, 5) is 7.21. The van der Waals surface area contributed by atoms with Gasteiger partial charge in [0, 0.05) is 24.0 Å². The van der Waals surface area contributed by atoms with Crippen LogP contribution in [0, 0.1) is 0 Å². The largest absolute Gasteiger partial charge is 0.398 e. The molecule has 2 N–H and O–H groups in total. The lowest BCUT2D eigenvalue weighted by Gasteiger charge is -2.18. The smallest absolute Gasteiger partial charge is 0.137 e. The molecule has 0 atom stereocenters. The quantitative estimate of drug-likeness (QED) is 0.784. The Bertz CT molecular complexity index is 757. The van der Waals surface area contributed by atoms with Gasteiger partial charge in [-0.1, -0.05) is 44.2 Å². The molecule has 0 radical (unpaired) electrons. The summed E-state index contributed by atoms with van der Waals surface area (Å²) in [6.45, 7) is 7.26. The molecule has 0 saturated heterocycles. The third kappa shape index (κ3) is 2.70. The number of rotatable bonds is 5. The van der Waals surface area contributed by atoms with Crippen molar-refractivity contribution in [1.29, 1.82) is 0 Å². The second-order valence-corrected chi connectivity index (χ2v) is 5.43. The molecule has 0 fully saturated rings. The highest BCUT2D eigenvalue weighted by Crippen LogP contribution is 2.26. The maximum atomic E-state index is 5.97. The van der Waals surface area contributed by atoms with Crippen LogP contribution in [0.4, 0.5) is 5.69 Å². The van der Waals surface area contributed by atoms with Gasteiger partial charge in [0.05, 0.1) is 11.4 Å². The molecule has 0 spiro atoms. The lowest BCUT2D eigenvalue weighted by Crippen LogP contribution is -2.23. The van der Waals surface area contributed by atoms with E-state index >= 15 is 0 Å². The first kappa shape index (κ1) is 14.6. The first-order valence-electron chi connectivity index (χ1n) is 7.77. The summed E-state index contributed by atoms with van der Waals surface area (Å²) in [5.74, 6) is 0.